The molecule has 146 valence electrons. The van der Waals surface area contributed by atoms with Gasteiger partial charge in [-0.15, -0.1) is 0 Å². The van der Waals surface area contributed by atoms with Gasteiger partial charge in [0, 0.05) is 12.1 Å². The van der Waals surface area contributed by atoms with Crippen LogP contribution in [0.3, 0.4) is 0 Å². The Morgan fingerprint density at radius 3 is 2.55 bits per heavy atom. The molecule has 5 rings (SSSR count). The van der Waals surface area contributed by atoms with E-state index in [1.54, 1.807) is 0 Å². The van der Waals surface area contributed by atoms with Crippen molar-refractivity contribution in [1.29, 1.82) is 0 Å². The first-order valence-electron chi connectivity index (χ1n) is 9.82. The molecule has 7 heteroatoms. The number of nitrogens with one attached hydrogen (secondary N) is 1. The van der Waals surface area contributed by atoms with Crippen molar-refractivity contribution in [1.82, 2.24) is 25.1 Å². The zero-order chi connectivity index (χ0) is 19.6. The lowest BCUT2D eigenvalue weighted by Gasteiger charge is -2.23. The summed E-state index contributed by atoms with van der Waals surface area (Å²) in [6.07, 6.45) is 3.69. The first-order chi connectivity index (χ1) is 14.3. The minimum absolute atomic E-state index is 0.259. The van der Waals surface area contributed by atoms with E-state index < -0.39 is 0 Å². The van der Waals surface area contributed by atoms with Crippen molar-refractivity contribution >= 4 is 16.9 Å². The highest BCUT2D eigenvalue weighted by Gasteiger charge is 2.23. The monoisotopic (exact) mass is 386 g/mol. The summed E-state index contributed by atoms with van der Waals surface area (Å²) in [4.78, 5) is 8.69. The summed E-state index contributed by atoms with van der Waals surface area (Å²) >= 11 is 0. The molecular formula is C22H22N6O. The average molecular weight is 386 g/mol. The van der Waals surface area contributed by atoms with Crippen molar-refractivity contribution in [3.05, 3.63) is 60.9 Å². The molecule has 1 fully saturated rings. The number of hydrogen-bond donors (Lipinski definition) is 2. The van der Waals surface area contributed by atoms with Gasteiger partial charge in [0.05, 0.1) is 11.4 Å². The van der Waals surface area contributed by atoms with Gasteiger partial charge in [-0.25, -0.2) is 14.6 Å². The first-order valence-corrected chi connectivity index (χ1v) is 9.82. The molecule has 1 aliphatic heterocycles. The van der Waals surface area contributed by atoms with Crippen LogP contribution in [0.25, 0.3) is 22.3 Å². The third-order valence-electron chi connectivity index (χ3n) is 5.24. The predicted octanol–water partition coefficient (Wildman–Crippen LogP) is 3.79. The van der Waals surface area contributed by atoms with E-state index >= 15 is 0 Å². The lowest BCUT2D eigenvalue weighted by atomic mass is 10.1. The Morgan fingerprint density at radius 1 is 1.00 bits per heavy atom. The molecule has 3 heterocycles. The Morgan fingerprint density at radius 2 is 1.79 bits per heavy atom. The number of fused-ring (bicyclic) bond motifs is 1. The van der Waals surface area contributed by atoms with E-state index in [2.05, 4.69) is 15.3 Å². The maximum atomic E-state index is 6.22. The zero-order valence-corrected chi connectivity index (χ0v) is 16.0. The average Bonchev–Trinajstić information content (AvgIpc) is 3.17. The van der Waals surface area contributed by atoms with E-state index in [1.807, 2.05) is 59.3 Å². The summed E-state index contributed by atoms with van der Waals surface area (Å²) in [5.74, 6) is 2.02. The first kappa shape index (κ1) is 17.6. The molecule has 0 amide bonds. The van der Waals surface area contributed by atoms with Crippen molar-refractivity contribution in [2.24, 2.45) is 0 Å². The number of benzene rings is 2. The molecule has 0 spiro atoms. The van der Waals surface area contributed by atoms with Gasteiger partial charge in [0.2, 0.25) is 0 Å². The largest absolute Gasteiger partial charge is 0.457 e. The molecule has 0 aliphatic carbocycles. The number of piperidine rings is 1. The second kappa shape index (κ2) is 7.52. The molecule has 29 heavy (non-hydrogen) atoms. The standard InChI is InChI=1S/C22H22N6O/c23-21-19-20(15-8-10-18(11-9-15)29-17-6-2-1-3-7-17)27-28(22(19)26-14-25-21)16-5-4-12-24-13-16/h1-3,6-11,14,16,24H,4-5,12-13H2,(H2,23,25,26). The van der Waals surface area contributed by atoms with E-state index in [-0.39, 0.29) is 6.04 Å². The van der Waals surface area contributed by atoms with Crippen LogP contribution in [0.4, 0.5) is 5.82 Å². The normalized spacial score (nSPS) is 16.8. The molecule has 2 aromatic heterocycles. The minimum atomic E-state index is 0.259. The summed E-state index contributed by atoms with van der Waals surface area (Å²) in [5.41, 5.74) is 8.77. The molecule has 3 N–H and O–H groups in total. The summed E-state index contributed by atoms with van der Waals surface area (Å²) in [5, 5.41) is 9.15. The second-order valence-electron chi connectivity index (χ2n) is 7.19. The van der Waals surface area contributed by atoms with E-state index in [0.717, 1.165) is 59.7 Å². The highest BCUT2D eigenvalue weighted by molar-refractivity contribution is 5.98. The van der Waals surface area contributed by atoms with Crippen molar-refractivity contribution in [3.8, 4) is 22.8 Å². The fourth-order valence-electron chi connectivity index (χ4n) is 3.80. The highest BCUT2D eigenvalue weighted by atomic mass is 16.5. The van der Waals surface area contributed by atoms with Gasteiger partial charge in [-0.3, -0.25) is 0 Å². The van der Waals surface area contributed by atoms with Gasteiger partial charge >= 0.3 is 0 Å². The van der Waals surface area contributed by atoms with Gasteiger partial charge in [-0.1, -0.05) is 18.2 Å². The van der Waals surface area contributed by atoms with Crippen LogP contribution >= 0.6 is 0 Å². The quantitative estimate of drug-likeness (QED) is 0.554. The fourth-order valence-corrected chi connectivity index (χ4v) is 3.80. The van der Waals surface area contributed by atoms with E-state index in [9.17, 15) is 0 Å². The van der Waals surface area contributed by atoms with Crippen molar-refractivity contribution < 1.29 is 4.74 Å². The Balaban J connectivity index is 1.52. The van der Waals surface area contributed by atoms with Crippen LogP contribution in [-0.2, 0) is 0 Å². The predicted molar refractivity (Wildman–Crippen MR) is 113 cm³/mol. The number of hydrogen-bond acceptors (Lipinski definition) is 6. The van der Waals surface area contributed by atoms with Gasteiger partial charge in [0.15, 0.2) is 5.65 Å². The summed E-state index contributed by atoms with van der Waals surface area (Å²) < 4.78 is 7.90. The lowest BCUT2D eigenvalue weighted by Crippen LogP contribution is -2.32. The van der Waals surface area contributed by atoms with Crippen LogP contribution < -0.4 is 15.8 Å². The molecule has 4 aromatic rings. The SMILES string of the molecule is Nc1ncnc2c1c(-c1ccc(Oc3ccccc3)cc1)nn2C1CCCNC1. The Hall–Kier alpha value is -3.45. The molecule has 2 aromatic carbocycles. The van der Waals surface area contributed by atoms with Crippen LogP contribution in [0.2, 0.25) is 0 Å². The number of nitrogens with zero attached hydrogens (tertiary/aromatic N) is 4. The third kappa shape index (κ3) is 3.40. The van der Waals surface area contributed by atoms with Crippen LogP contribution in [0.15, 0.2) is 60.9 Å². The second-order valence-corrected chi connectivity index (χ2v) is 7.19. The lowest BCUT2D eigenvalue weighted by molar-refractivity contribution is 0.354. The number of aromatic nitrogens is 4. The fraction of sp³-hybridized carbons (Fsp3) is 0.227. The van der Waals surface area contributed by atoms with Crippen molar-refractivity contribution in [3.63, 3.8) is 0 Å². The minimum Gasteiger partial charge on any atom is -0.457 e. The van der Waals surface area contributed by atoms with Gasteiger partial charge in [-0.2, -0.15) is 5.10 Å². The maximum absolute atomic E-state index is 6.22. The Bertz CT molecular complexity index is 1120. The number of ether oxygens (including phenoxy) is 1. The van der Waals surface area contributed by atoms with Gasteiger partial charge in [0.1, 0.15) is 29.3 Å². The number of nitrogen functional groups attached to an aromatic ring is 1. The molecular weight excluding hydrogens is 364 g/mol. The van der Waals surface area contributed by atoms with Crippen LogP contribution in [0, 0.1) is 0 Å². The van der Waals surface area contributed by atoms with Crippen molar-refractivity contribution in [2.75, 3.05) is 18.8 Å². The molecule has 1 unspecified atom stereocenters. The third-order valence-corrected chi connectivity index (χ3v) is 5.24. The van der Waals surface area contributed by atoms with Gasteiger partial charge in [0.25, 0.3) is 0 Å². The van der Waals surface area contributed by atoms with Crippen LogP contribution in [0.5, 0.6) is 11.5 Å². The Labute approximate surface area is 168 Å². The highest BCUT2D eigenvalue weighted by Crippen LogP contribution is 2.34. The molecule has 1 atom stereocenters. The molecule has 7 nitrogen and oxygen atoms in total. The summed E-state index contributed by atoms with van der Waals surface area (Å²) in [6.45, 7) is 1.92. The maximum Gasteiger partial charge on any atom is 0.164 e. The smallest absolute Gasteiger partial charge is 0.164 e. The summed E-state index contributed by atoms with van der Waals surface area (Å²) in [7, 11) is 0. The van der Waals surface area contributed by atoms with Gasteiger partial charge < -0.3 is 15.8 Å². The summed E-state index contributed by atoms with van der Waals surface area (Å²) in [6, 6.07) is 17.9. The molecule has 1 saturated heterocycles. The van der Waals surface area contributed by atoms with Gasteiger partial charge in [-0.05, 0) is 55.8 Å². The van der Waals surface area contributed by atoms with E-state index in [1.165, 1.54) is 6.33 Å². The topological polar surface area (TPSA) is 90.9 Å². The molecule has 1 aliphatic rings. The number of nitrogens with two attached hydrogens (primary N) is 1. The zero-order valence-electron chi connectivity index (χ0n) is 16.0. The number of rotatable bonds is 4. The van der Waals surface area contributed by atoms with E-state index in [4.69, 9.17) is 15.6 Å². The van der Waals surface area contributed by atoms with Crippen LogP contribution in [0.1, 0.15) is 18.9 Å². The number of anilines is 1. The van der Waals surface area contributed by atoms with E-state index in [0.29, 0.717) is 5.82 Å². The molecule has 0 saturated carbocycles. The molecule has 0 bridgehead atoms. The number of para-hydroxylation sites is 1. The Kier molecular flexibility index (Phi) is 4.57. The molecule has 0 radical (unpaired) electrons. The van der Waals surface area contributed by atoms with Crippen LogP contribution in [-0.4, -0.2) is 32.8 Å². The van der Waals surface area contributed by atoms with Crippen molar-refractivity contribution in [2.45, 2.75) is 18.9 Å².